The monoisotopic (exact) mass is 493 g/mol. The lowest BCUT2D eigenvalue weighted by Crippen LogP contribution is -2.38. The number of nitrogens with one attached hydrogen (secondary N) is 1. The topological polar surface area (TPSA) is 82.5 Å². The van der Waals surface area contributed by atoms with Gasteiger partial charge in [0.1, 0.15) is 5.70 Å². The molecule has 1 fully saturated rings. The molecule has 188 valence electrons. The third-order valence-corrected chi connectivity index (χ3v) is 5.92. The second-order valence-corrected chi connectivity index (χ2v) is 8.70. The molecule has 0 bridgehead atoms. The molecule has 0 radical (unpaired) electrons. The first-order chi connectivity index (χ1) is 16.4. The van der Waals surface area contributed by atoms with E-state index in [1.54, 1.807) is 13.8 Å². The molecule has 0 unspecified atom stereocenters. The lowest BCUT2D eigenvalue weighted by Gasteiger charge is -2.36. The molecule has 1 aromatic heterocycles. The molecular weight excluding hydrogens is 466 g/mol. The number of aromatic nitrogens is 1. The molecule has 35 heavy (non-hydrogen) atoms. The fourth-order valence-corrected chi connectivity index (χ4v) is 3.68. The standard InChI is InChI=1S/C25H27F4N3O3/c1-3-21(33)32(15-17-5-7-18(8-6-17)25(27,28)29)20(9-12-24(35)10-4-11-24)23(34)31-22-19(26)13-16(2)14-30-22/h5-9,13-14,35H,3-4,10-12,15H2,1-2H3,(H,30,31,34)/b20-9+. The number of pyridine rings is 1. The number of rotatable bonds is 8. The molecule has 1 heterocycles. The number of benzene rings is 1. The molecule has 6 nitrogen and oxygen atoms in total. The van der Waals surface area contributed by atoms with E-state index < -0.39 is 35.0 Å². The van der Waals surface area contributed by atoms with Crippen LogP contribution in [0.25, 0.3) is 0 Å². The zero-order valence-electron chi connectivity index (χ0n) is 19.5. The van der Waals surface area contributed by atoms with Crippen molar-refractivity contribution in [2.45, 2.75) is 64.3 Å². The van der Waals surface area contributed by atoms with Crippen LogP contribution in [0.5, 0.6) is 0 Å². The summed E-state index contributed by atoms with van der Waals surface area (Å²) in [6.07, 6.45) is 0.265. The fraction of sp³-hybridized carbons (Fsp3) is 0.400. The Morgan fingerprint density at radius 2 is 1.89 bits per heavy atom. The maximum atomic E-state index is 14.3. The highest BCUT2D eigenvalue weighted by molar-refractivity contribution is 6.05. The smallest absolute Gasteiger partial charge is 0.390 e. The number of hydrogen-bond donors (Lipinski definition) is 2. The largest absolute Gasteiger partial charge is 0.416 e. The van der Waals surface area contributed by atoms with E-state index in [0.717, 1.165) is 23.5 Å². The lowest BCUT2D eigenvalue weighted by molar-refractivity contribution is -0.137. The van der Waals surface area contributed by atoms with E-state index >= 15 is 0 Å². The van der Waals surface area contributed by atoms with Gasteiger partial charge in [-0.2, -0.15) is 13.2 Å². The molecule has 1 aliphatic carbocycles. The van der Waals surface area contributed by atoms with Gasteiger partial charge >= 0.3 is 6.18 Å². The minimum Gasteiger partial charge on any atom is -0.390 e. The zero-order chi connectivity index (χ0) is 25.8. The van der Waals surface area contributed by atoms with Crippen LogP contribution in [0.15, 0.2) is 48.3 Å². The number of carbonyl (C=O) groups excluding carboxylic acids is 2. The maximum Gasteiger partial charge on any atom is 0.416 e. The van der Waals surface area contributed by atoms with E-state index in [1.165, 1.54) is 30.5 Å². The number of amides is 2. The van der Waals surface area contributed by atoms with Gasteiger partial charge < -0.3 is 15.3 Å². The number of anilines is 1. The number of aliphatic hydroxyl groups is 1. The van der Waals surface area contributed by atoms with Gasteiger partial charge in [-0.15, -0.1) is 0 Å². The Balaban J connectivity index is 1.93. The second-order valence-electron chi connectivity index (χ2n) is 8.70. The highest BCUT2D eigenvalue weighted by atomic mass is 19.4. The van der Waals surface area contributed by atoms with Gasteiger partial charge in [0.05, 0.1) is 17.7 Å². The average Bonchev–Trinajstić information content (AvgIpc) is 2.78. The predicted molar refractivity (Wildman–Crippen MR) is 121 cm³/mol. The normalized spacial score (nSPS) is 15.3. The van der Waals surface area contributed by atoms with Crippen molar-refractivity contribution in [3.63, 3.8) is 0 Å². The molecule has 2 N–H and O–H groups in total. The molecule has 2 aromatic rings. The summed E-state index contributed by atoms with van der Waals surface area (Å²) < 4.78 is 53.1. The van der Waals surface area contributed by atoms with Crippen molar-refractivity contribution in [2.75, 3.05) is 5.32 Å². The summed E-state index contributed by atoms with van der Waals surface area (Å²) in [6.45, 7) is 3.03. The van der Waals surface area contributed by atoms with Crippen LogP contribution in [0.4, 0.5) is 23.4 Å². The van der Waals surface area contributed by atoms with Crippen LogP contribution >= 0.6 is 0 Å². The van der Waals surface area contributed by atoms with Crippen LogP contribution in [-0.2, 0) is 22.3 Å². The minimum atomic E-state index is -4.51. The number of hydrogen-bond acceptors (Lipinski definition) is 4. The van der Waals surface area contributed by atoms with Crippen LogP contribution in [-0.4, -0.2) is 32.4 Å². The maximum absolute atomic E-state index is 14.3. The Kier molecular flexibility index (Phi) is 7.94. The molecule has 1 aromatic carbocycles. The third-order valence-electron chi connectivity index (χ3n) is 5.92. The molecular formula is C25H27F4N3O3. The van der Waals surface area contributed by atoms with Gasteiger partial charge in [-0.05, 0) is 61.9 Å². The Labute approximate surface area is 200 Å². The first-order valence-electron chi connectivity index (χ1n) is 11.2. The van der Waals surface area contributed by atoms with Crippen molar-refractivity contribution in [1.82, 2.24) is 9.88 Å². The Morgan fingerprint density at radius 1 is 1.23 bits per heavy atom. The van der Waals surface area contributed by atoms with E-state index in [2.05, 4.69) is 10.3 Å². The molecule has 0 aliphatic heterocycles. The van der Waals surface area contributed by atoms with Gasteiger partial charge in [-0.3, -0.25) is 9.59 Å². The summed E-state index contributed by atoms with van der Waals surface area (Å²) in [5.41, 5.74) is -1.07. The van der Waals surface area contributed by atoms with Crippen LogP contribution in [0.1, 0.15) is 55.7 Å². The minimum absolute atomic E-state index is 0.00661. The molecule has 1 aliphatic rings. The highest BCUT2D eigenvalue weighted by Crippen LogP contribution is 2.35. The van der Waals surface area contributed by atoms with E-state index in [9.17, 15) is 32.3 Å². The van der Waals surface area contributed by atoms with Gasteiger partial charge in [0, 0.05) is 12.6 Å². The molecule has 10 heteroatoms. The van der Waals surface area contributed by atoms with Gasteiger partial charge in [-0.25, -0.2) is 9.37 Å². The van der Waals surface area contributed by atoms with Crippen LogP contribution in [0.2, 0.25) is 0 Å². The van der Waals surface area contributed by atoms with E-state index in [0.29, 0.717) is 24.0 Å². The van der Waals surface area contributed by atoms with E-state index in [1.807, 2.05) is 0 Å². The number of halogens is 4. The molecule has 1 saturated carbocycles. The molecule has 0 atom stereocenters. The first kappa shape index (κ1) is 26.3. The Bertz CT molecular complexity index is 1110. The number of nitrogens with zero attached hydrogens (tertiary/aromatic N) is 2. The molecule has 2 amide bonds. The third kappa shape index (κ3) is 6.66. The molecule has 3 rings (SSSR count). The summed E-state index contributed by atoms with van der Waals surface area (Å²) in [7, 11) is 0. The average molecular weight is 494 g/mol. The number of carbonyl (C=O) groups is 2. The highest BCUT2D eigenvalue weighted by Gasteiger charge is 2.35. The van der Waals surface area contributed by atoms with Crippen LogP contribution < -0.4 is 5.32 Å². The first-order valence-corrected chi connectivity index (χ1v) is 11.2. The van der Waals surface area contributed by atoms with Crippen molar-refractivity contribution in [1.29, 1.82) is 0 Å². The van der Waals surface area contributed by atoms with Crippen molar-refractivity contribution >= 4 is 17.6 Å². The summed E-state index contributed by atoms with van der Waals surface area (Å²) >= 11 is 0. The van der Waals surface area contributed by atoms with Crippen molar-refractivity contribution in [3.05, 3.63) is 70.8 Å². The van der Waals surface area contributed by atoms with E-state index in [-0.39, 0.29) is 30.9 Å². The summed E-state index contributed by atoms with van der Waals surface area (Å²) in [5, 5.41) is 12.9. The van der Waals surface area contributed by atoms with Gasteiger partial charge in [-0.1, -0.05) is 25.1 Å². The van der Waals surface area contributed by atoms with Crippen LogP contribution in [0.3, 0.4) is 0 Å². The lowest BCUT2D eigenvalue weighted by atomic mass is 9.78. The number of aryl methyl sites for hydroxylation is 1. The molecule has 0 spiro atoms. The van der Waals surface area contributed by atoms with Crippen molar-refractivity contribution in [2.24, 2.45) is 0 Å². The quantitative estimate of drug-likeness (QED) is 0.395. The van der Waals surface area contributed by atoms with E-state index in [4.69, 9.17) is 0 Å². The van der Waals surface area contributed by atoms with Gasteiger partial charge in [0.15, 0.2) is 11.6 Å². The Morgan fingerprint density at radius 3 is 2.40 bits per heavy atom. The van der Waals surface area contributed by atoms with Crippen molar-refractivity contribution in [3.8, 4) is 0 Å². The number of alkyl halides is 3. The Hall–Kier alpha value is -3.27. The summed E-state index contributed by atoms with van der Waals surface area (Å²) in [5.74, 6) is -2.38. The summed E-state index contributed by atoms with van der Waals surface area (Å²) in [4.78, 5) is 31.0. The SMILES string of the molecule is CCC(=O)N(Cc1ccc(C(F)(F)F)cc1)/C(=C/CC1(O)CCC1)C(=O)Nc1ncc(C)cc1F. The zero-order valence-corrected chi connectivity index (χ0v) is 19.5. The second kappa shape index (κ2) is 10.6. The molecule has 0 saturated heterocycles. The van der Waals surface area contributed by atoms with Gasteiger partial charge in [0.25, 0.3) is 5.91 Å². The predicted octanol–water partition coefficient (Wildman–Crippen LogP) is 5.11. The fourth-order valence-electron chi connectivity index (χ4n) is 3.68. The van der Waals surface area contributed by atoms with Crippen molar-refractivity contribution < 1.29 is 32.3 Å². The van der Waals surface area contributed by atoms with Gasteiger partial charge in [0.2, 0.25) is 5.91 Å². The summed E-state index contributed by atoms with van der Waals surface area (Å²) in [6, 6.07) is 5.45. The van der Waals surface area contributed by atoms with Crippen LogP contribution in [0, 0.1) is 12.7 Å².